The van der Waals surface area contributed by atoms with Gasteiger partial charge in [-0.3, -0.25) is 4.79 Å². The van der Waals surface area contributed by atoms with Gasteiger partial charge in [-0.15, -0.1) is 6.58 Å². The number of nitrogens with one attached hydrogen (secondary N) is 1. The molecule has 5 nitrogen and oxygen atoms in total. The Labute approximate surface area is 76.7 Å². The van der Waals surface area contributed by atoms with E-state index in [1.807, 2.05) is 0 Å². The molecule has 0 rings (SSSR count). The molecule has 0 aromatic rings. The van der Waals surface area contributed by atoms with E-state index < -0.39 is 12.0 Å². The number of hydrogen-bond donors (Lipinski definition) is 1. The van der Waals surface area contributed by atoms with E-state index in [1.165, 1.54) is 7.11 Å². The standard InChI is InChI=1S/C8H13NO4/c1-3-4-13-5-7(9-6-10)8(11)12-2/h3,6-7H,1,4-5H2,2H3,(H,9,10). The first kappa shape index (κ1) is 11.6. The van der Waals surface area contributed by atoms with Crippen molar-refractivity contribution in [2.45, 2.75) is 6.04 Å². The van der Waals surface area contributed by atoms with Gasteiger partial charge in [0.2, 0.25) is 6.41 Å². The van der Waals surface area contributed by atoms with Gasteiger partial charge in [0.1, 0.15) is 0 Å². The minimum Gasteiger partial charge on any atom is -0.467 e. The molecule has 1 amide bonds. The van der Waals surface area contributed by atoms with Crippen LogP contribution >= 0.6 is 0 Å². The third-order valence-corrected chi connectivity index (χ3v) is 1.28. The van der Waals surface area contributed by atoms with Gasteiger partial charge in [0.05, 0.1) is 20.3 Å². The SMILES string of the molecule is C=CCOCC(NC=O)C(=O)OC. The quantitative estimate of drug-likeness (QED) is 0.252. The molecule has 0 bridgehead atoms. The molecule has 0 radical (unpaired) electrons. The Balaban J connectivity index is 3.85. The van der Waals surface area contributed by atoms with Crippen LogP contribution in [-0.4, -0.2) is 38.7 Å². The van der Waals surface area contributed by atoms with Gasteiger partial charge in [-0.25, -0.2) is 4.79 Å². The van der Waals surface area contributed by atoms with Gasteiger partial charge in [-0.2, -0.15) is 0 Å². The number of methoxy groups -OCH3 is 1. The highest BCUT2D eigenvalue weighted by atomic mass is 16.5. The molecular weight excluding hydrogens is 174 g/mol. The van der Waals surface area contributed by atoms with Crippen molar-refractivity contribution >= 4 is 12.4 Å². The molecule has 0 saturated heterocycles. The topological polar surface area (TPSA) is 64.6 Å². The molecule has 5 heteroatoms. The Kier molecular flexibility index (Phi) is 6.53. The summed E-state index contributed by atoms with van der Waals surface area (Å²) in [5.41, 5.74) is 0. The summed E-state index contributed by atoms with van der Waals surface area (Å²) in [4.78, 5) is 21.0. The minimum absolute atomic E-state index is 0.0808. The van der Waals surface area contributed by atoms with E-state index in [4.69, 9.17) is 4.74 Å². The van der Waals surface area contributed by atoms with Gasteiger partial charge in [0, 0.05) is 0 Å². The van der Waals surface area contributed by atoms with E-state index in [1.54, 1.807) is 6.08 Å². The molecule has 1 unspecified atom stereocenters. The van der Waals surface area contributed by atoms with E-state index in [0.717, 1.165) is 0 Å². The second-order valence-electron chi connectivity index (χ2n) is 2.19. The van der Waals surface area contributed by atoms with Gasteiger partial charge >= 0.3 is 5.97 Å². The largest absolute Gasteiger partial charge is 0.467 e. The molecule has 0 aromatic carbocycles. The normalized spacial score (nSPS) is 11.5. The number of carbonyl (C=O) groups excluding carboxylic acids is 2. The van der Waals surface area contributed by atoms with E-state index in [0.29, 0.717) is 13.0 Å². The summed E-state index contributed by atoms with van der Waals surface area (Å²) in [5, 5.41) is 2.28. The maximum Gasteiger partial charge on any atom is 0.330 e. The molecule has 0 spiro atoms. The van der Waals surface area contributed by atoms with E-state index in [9.17, 15) is 9.59 Å². The Morgan fingerprint density at radius 3 is 2.85 bits per heavy atom. The lowest BCUT2D eigenvalue weighted by molar-refractivity contribution is -0.145. The molecule has 0 heterocycles. The maximum atomic E-state index is 10.9. The highest BCUT2D eigenvalue weighted by Crippen LogP contribution is 1.89. The summed E-state index contributed by atoms with van der Waals surface area (Å²) in [6, 6.07) is -0.748. The second-order valence-corrected chi connectivity index (χ2v) is 2.19. The Morgan fingerprint density at radius 1 is 1.69 bits per heavy atom. The first-order valence-corrected chi connectivity index (χ1v) is 3.72. The van der Waals surface area contributed by atoms with E-state index in [2.05, 4.69) is 16.6 Å². The number of rotatable bonds is 7. The summed E-state index contributed by atoms with van der Waals surface area (Å²) in [6.07, 6.45) is 1.98. The number of esters is 1. The van der Waals surface area contributed by atoms with Crippen LogP contribution in [0.4, 0.5) is 0 Å². The number of hydrogen-bond acceptors (Lipinski definition) is 4. The Bertz CT molecular complexity index is 181. The van der Waals surface area contributed by atoms with Crippen molar-refractivity contribution in [2.24, 2.45) is 0 Å². The van der Waals surface area contributed by atoms with E-state index >= 15 is 0 Å². The van der Waals surface area contributed by atoms with Gasteiger partial charge in [0.15, 0.2) is 6.04 Å². The predicted molar refractivity (Wildman–Crippen MR) is 46.0 cm³/mol. The van der Waals surface area contributed by atoms with Gasteiger partial charge < -0.3 is 14.8 Å². The first-order chi connectivity index (χ1) is 6.26. The highest BCUT2D eigenvalue weighted by molar-refractivity contribution is 5.78. The summed E-state index contributed by atoms with van der Waals surface area (Å²) >= 11 is 0. The lowest BCUT2D eigenvalue weighted by Gasteiger charge is -2.12. The number of carbonyl (C=O) groups is 2. The third-order valence-electron chi connectivity index (χ3n) is 1.28. The molecule has 13 heavy (non-hydrogen) atoms. The van der Waals surface area contributed by atoms with Crippen LogP contribution in [0.3, 0.4) is 0 Å². The number of ether oxygens (including phenoxy) is 2. The van der Waals surface area contributed by atoms with Crippen LogP contribution in [0.2, 0.25) is 0 Å². The second kappa shape index (κ2) is 7.30. The van der Waals surface area contributed by atoms with Crippen LogP contribution in [0.25, 0.3) is 0 Å². The molecule has 0 aliphatic carbocycles. The van der Waals surface area contributed by atoms with Crippen LogP contribution in [0, 0.1) is 0 Å². The molecule has 74 valence electrons. The monoisotopic (exact) mass is 187 g/mol. The van der Waals surface area contributed by atoms with Gasteiger partial charge in [0.25, 0.3) is 0 Å². The van der Waals surface area contributed by atoms with Crippen molar-refractivity contribution in [3.63, 3.8) is 0 Å². The molecule has 0 saturated carbocycles. The van der Waals surface area contributed by atoms with Gasteiger partial charge in [-0.1, -0.05) is 6.08 Å². The molecule has 1 atom stereocenters. The van der Waals surface area contributed by atoms with Crippen molar-refractivity contribution < 1.29 is 19.1 Å². The maximum absolute atomic E-state index is 10.9. The Hall–Kier alpha value is -1.36. The van der Waals surface area contributed by atoms with Crippen LogP contribution < -0.4 is 5.32 Å². The van der Waals surface area contributed by atoms with Crippen LogP contribution in [-0.2, 0) is 19.1 Å². The van der Waals surface area contributed by atoms with Crippen LogP contribution in [0.5, 0.6) is 0 Å². The highest BCUT2D eigenvalue weighted by Gasteiger charge is 2.17. The summed E-state index contributed by atoms with van der Waals surface area (Å²) in [6.45, 7) is 3.85. The molecule has 0 aromatic heterocycles. The molecule has 0 aliphatic rings. The van der Waals surface area contributed by atoms with Crippen molar-refractivity contribution in [1.82, 2.24) is 5.32 Å². The Morgan fingerprint density at radius 2 is 2.38 bits per heavy atom. The minimum atomic E-state index is -0.748. The van der Waals surface area contributed by atoms with E-state index in [-0.39, 0.29) is 6.61 Å². The fraction of sp³-hybridized carbons (Fsp3) is 0.500. The zero-order chi connectivity index (χ0) is 10.1. The van der Waals surface area contributed by atoms with Crippen LogP contribution in [0.1, 0.15) is 0 Å². The van der Waals surface area contributed by atoms with Crippen LogP contribution in [0.15, 0.2) is 12.7 Å². The average Bonchev–Trinajstić information content (AvgIpc) is 2.16. The number of amides is 1. The predicted octanol–water partition coefficient (Wildman–Crippen LogP) is -0.523. The molecular formula is C8H13NO4. The summed E-state index contributed by atoms with van der Waals surface area (Å²) in [5.74, 6) is -0.531. The summed E-state index contributed by atoms with van der Waals surface area (Å²) in [7, 11) is 1.25. The lowest BCUT2D eigenvalue weighted by Crippen LogP contribution is -2.40. The zero-order valence-electron chi connectivity index (χ0n) is 7.49. The van der Waals surface area contributed by atoms with Crippen molar-refractivity contribution in [1.29, 1.82) is 0 Å². The van der Waals surface area contributed by atoms with Crippen molar-refractivity contribution in [3.05, 3.63) is 12.7 Å². The zero-order valence-corrected chi connectivity index (χ0v) is 7.49. The molecule has 0 fully saturated rings. The molecule has 0 aliphatic heterocycles. The lowest BCUT2D eigenvalue weighted by atomic mass is 10.3. The fourth-order valence-electron chi connectivity index (χ4n) is 0.678. The average molecular weight is 187 g/mol. The van der Waals surface area contributed by atoms with Gasteiger partial charge in [-0.05, 0) is 0 Å². The van der Waals surface area contributed by atoms with Crippen molar-refractivity contribution in [2.75, 3.05) is 20.3 Å². The molecule has 1 N–H and O–H groups in total. The first-order valence-electron chi connectivity index (χ1n) is 3.72. The third kappa shape index (κ3) is 4.97. The van der Waals surface area contributed by atoms with Crippen molar-refractivity contribution in [3.8, 4) is 0 Å². The smallest absolute Gasteiger partial charge is 0.330 e. The summed E-state index contributed by atoms with van der Waals surface area (Å²) < 4.78 is 9.41. The fourth-order valence-corrected chi connectivity index (χ4v) is 0.678.